The molecule has 4 nitrogen and oxygen atoms in total. The quantitative estimate of drug-likeness (QED) is 0.875. The first-order chi connectivity index (χ1) is 10.1. The number of anilines is 1. The van der Waals surface area contributed by atoms with Gasteiger partial charge in [-0.2, -0.15) is 0 Å². The van der Waals surface area contributed by atoms with Crippen molar-refractivity contribution in [2.75, 3.05) is 38.5 Å². The molecule has 0 radical (unpaired) electrons. The van der Waals surface area contributed by atoms with Gasteiger partial charge in [0.05, 0.1) is 0 Å². The number of amides is 1. The van der Waals surface area contributed by atoms with Crippen molar-refractivity contribution in [1.29, 1.82) is 0 Å². The van der Waals surface area contributed by atoms with Gasteiger partial charge in [0, 0.05) is 24.3 Å². The lowest BCUT2D eigenvalue weighted by molar-refractivity contribution is 0.0956. The van der Waals surface area contributed by atoms with Crippen molar-refractivity contribution in [2.24, 2.45) is 5.92 Å². The van der Waals surface area contributed by atoms with Crippen LogP contribution in [0.3, 0.4) is 0 Å². The molecule has 2 N–H and O–H groups in total. The molecule has 1 saturated heterocycles. The van der Waals surface area contributed by atoms with Crippen molar-refractivity contribution in [3.8, 4) is 0 Å². The number of benzene rings is 1. The van der Waals surface area contributed by atoms with Crippen LogP contribution < -0.4 is 10.6 Å². The highest BCUT2D eigenvalue weighted by atomic mass is 16.1. The van der Waals surface area contributed by atoms with Gasteiger partial charge in [-0.05, 0) is 70.4 Å². The Labute approximate surface area is 127 Å². The van der Waals surface area contributed by atoms with E-state index in [9.17, 15) is 4.79 Å². The van der Waals surface area contributed by atoms with Crippen LogP contribution in [0.2, 0.25) is 0 Å². The van der Waals surface area contributed by atoms with Crippen LogP contribution in [0.5, 0.6) is 0 Å². The van der Waals surface area contributed by atoms with E-state index in [1.54, 1.807) is 0 Å². The summed E-state index contributed by atoms with van der Waals surface area (Å²) in [4.78, 5) is 14.3. The first-order valence-corrected chi connectivity index (χ1v) is 7.91. The molecule has 1 aromatic rings. The second kappa shape index (κ2) is 7.46. The zero-order valence-electron chi connectivity index (χ0n) is 13.4. The Morgan fingerprint density at radius 3 is 2.71 bits per heavy atom. The minimum atomic E-state index is -0.000147. The van der Waals surface area contributed by atoms with Gasteiger partial charge in [-0.15, -0.1) is 0 Å². The molecule has 2 rings (SSSR count). The van der Waals surface area contributed by atoms with Gasteiger partial charge in [0.25, 0.3) is 5.91 Å². The number of carbonyl (C=O) groups is 1. The number of likely N-dealkylation sites (tertiary alicyclic amines) is 1. The molecule has 0 atom stereocenters. The lowest BCUT2D eigenvalue weighted by Crippen LogP contribution is -2.33. The summed E-state index contributed by atoms with van der Waals surface area (Å²) in [6.07, 6.45) is 2.50. The maximum atomic E-state index is 11.9. The molecular weight excluding hydrogens is 262 g/mol. The predicted molar refractivity (Wildman–Crippen MR) is 87.9 cm³/mol. The molecule has 1 aliphatic heterocycles. The van der Waals surface area contributed by atoms with E-state index < -0.39 is 0 Å². The van der Waals surface area contributed by atoms with Crippen molar-refractivity contribution in [1.82, 2.24) is 10.2 Å². The Hall–Kier alpha value is -1.55. The topological polar surface area (TPSA) is 44.4 Å². The summed E-state index contributed by atoms with van der Waals surface area (Å²) in [6.45, 7) is 8.04. The lowest BCUT2D eigenvalue weighted by atomic mass is 9.97. The van der Waals surface area contributed by atoms with E-state index in [0.29, 0.717) is 6.54 Å². The maximum Gasteiger partial charge on any atom is 0.251 e. The third-order valence-electron chi connectivity index (χ3n) is 4.26. The third kappa shape index (κ3) is 4.46. The van der Waals surface area contributed by atoms with Crippen LogP contribution in [0.15, 0.2) is 18.2 Å². The number of nitrogens with zero attached hydrogens (tertiary/aromatic N) is 1. The van der Waals surface area contributed by atoms with Gasteiger partial charge in [0.1, 0.15) is 0 Å². The summed E-state index contributed by atoms with van der Waals surface area (Å²) in [6, 6.07) is 5.87. The van der Waals surface area contributed by atoms with Crippen molar-refractivity contribution in [3.63, 3.8) is 0 Å². The van der Waals surface area contributed by atoms with E-state index in [0.717, 1.165) is 23.7 Å². The van der Waals surface area contributed by atoms with Crippen molar-refractivity contribution in [2.45, 2.75) is 26.7 Å². The summed E-state index contributed by atoms with van der Waals surface area (Å²) in [5, 5.41) is 6.38. The SMILES string of the molecule is CCNC(=O)c1ccc(C)c(NCC2CCN(C)CC2)c1. The van der Waals surface area contributed by atoms with Crippen LogP contribution in [-0.4, -0.2) is 44.0 Å². The molecule has 4 heteroatoms. The molecular formula is C17H27N3O. The number of nitrogens with one attached hydrogen (secondary N) is 2. The molecule has 0 aliphatic carbocycles. The number of rotatable bonds is 5. The van der Waals surface area contributed by atoms with Gasteiger partial charge in [0.2, 0.25) is 0 Å². The van der Waals surface area contributed by atoms with Crippen LogP contribution in [0, 0.1) is 12.8 Å². The average molecular weight is 289 g/mol. The second-order valence-electron chi connectivity index (χ2n) is 6.02. The van der Waals surface area contributed by atoms with Crippen LogP contribution in [0.1, 0.15) is 35.7 Å². The first kappa shape index (κ1) is 15.8. The molecule has 116 valence electrons. The molecule has 0 bridgehead atoms. The molecule has 1 heterocycles. The molecule has 1 aromatic carbocycles. The Morgan fingerprint density at radius 2 is 2.05 bits per heavy atom. The van der Waals surface area contributed by atoms with Crippen LogP contribution in [-0.2, 0) is 0 Å². The van der Waals surface area contributed by atoms with Gasteiger partial charge >= 0.3 is 0 Å². The normalized spacial score (nSPS) is 16.7. The zero-order valence-corrected chi connectivity index (χ0v) is 13.4. The molecule has 0 saturated carbocycles. The van der Waals surface area contributed by atoms with Crippen molar-refractivity contribution < 1.29 is 4.79 Å². The van der Waals surface area contributed by atoms with Crippen LogP contribution >= 0.6 is 0 Å². The fourth-order valence-corrected chi connectivity index (χ4v) is 2.74. The predicted octanol–water partition coefficient (Wildman–Crippen LogP) is 2.50. The van der Waals surface area contributed by atoms with Gasteiger partial charge in [0.15, 0.2) is 0 Å². The second-order valence-corrected chi connectivity index (χ2v) is 6.02. The van der Waals surface area contributed by atoms with E-state index in [-0.39, 0.29) is 5.91 Å². The fourth-order valence-electron chi connectivity index (χ4n) is 2.74. The van der Waals surface area contributed by atoms with E-state index in [4.69, 9.17) is 0 Å². The lowest BCUT2D eigenvalue weighted by Gasteiger charge is -2.29. The summed E-state index contributed by atoms with van der Waals surface area (Å²) in [5.41, 5.74) is 3.00. The van der Waals surface area contributed by atoms with Gasteiger partial charge < -0.3 is 15.5 Å². The monoisotopic (exact) mass is 289 g/mol. The molecule has 0 aromatic heterocycles. The van der Waals surface area contributed by atoms with E-state index in [1.807, 2.05) is 25.1 Å². The van der Waals surface area contributed by atoms with Crippen LogP contribution in [0.4, 0.5) is 5.69 Å². The Bertz CT molecular complexity index is 479. The summed E-state index contributed by atoms with van der Waals surface area (Å²) in [7, 11) is 2.18. The first-order valence-electron chi connectivity index (χ1n) is 7.91. The van der Waals surface area contributed by atoms with E-state index >= 15 is 0 Å². The van der Waals surface area contributed by atoms with Gasteiger partial charge in [-0.3, -0.25) is 4.79 Å². The van der Waals surface area contributed by atoms with E-state index in [2.05, 4.69) is 29.5 Å². The molecule has 21 heavy (non-hydrogen) atoms. The van der Waals surface area contributed by atoms with Crippen molar-refractivity contribution in [3.05, 3.63) is 29.3 Å². The number of carbonyl (C=O) groups excluding carboxylic acids is 1. The van der Waals surface area contributed by atoms with E-state index in [1.165, 1.54) is 31.5 Å². The fraction of sp³-hybridized carbons (Fsp3) is 0.588. The average Bonchev–Trinajstić information content (AvgIpc) is 2.48. The Kier molecular flexibility index (Phi) is 5.62. The minimum absolute atomic E-state index is 0.000147. The highest BCUT2D eigenvalue weighted by Gasteiger charge is 2.16. The van der Waals surface area contributed by atoms with Gasteiger partial charge in [-0.1, -0.05) is 6.07 Å². The largest absolute Gasteiger partial charge is 0.385 e. The Balaban J connectivity index is 1.95. The summed E-state index contributed by atoms with van der Waals surface area (Å²) >= 11 is 0. The zero-order chi connectivity index (χ0) is 15.2. The number of hydrogen-bond donors (Lipinski definition) is 2. The maximum absolute atomic E-state index is 11.9. The summed E-state index contributed by atoms with van der Waals surface area (Å²) in [5.74, 6) is 0.730. The molecule has 1 amide bonds. The molecule has 0 spiro atoms. The smallest absolute Gasteiger partial charge is 0.251 e. The standard InChI is InChI=1S/C17H27N3O/c1-4-18-17(21)15-6-5-13(2)16(11-15)19-12-14-7-9-20(3)10-8-14/h5-6,11,14,19H,4,7-10,12H2,1-3H3,(H,18,21). The molecule has 1 aliphatic rings. The highest BCUT2D eigenvalue weighted by Crippen LogP contribution is 2.20. The molecule has 0 unspecified atom stereocenters. The molecule has 1 fully saturated rings. The highest BCUT2D eigenvalue weighted by molar-refractivity contribution is 5.95. The Morgan fingerprint density at radius 1 is 1.33 bits per heavy atom. The minimum Gasteiger partial charge on any atom is -0.385 e. The third-order valence-corrected chi connectivity index (χ3v) is 4.26. The van der Waals surface area contributed by atoms with Crippen LogP contribution in [0.25, 0.3) is 0 Å². The summed E-state index contributed by atoms with van der Waals surface area (Å²) < 4.78 is 0. The number of hydrogen-bond acceptors (Lipinski definition) is 3. The number of aryl methyl sites for hydroxylation is 1. The van der Waals surface area contributed by atoms with Gasteiger partial charge in [-0.25, -0.2) is 0 Å². The number of piperidine rings is 1. The van der Waals surface area contributed by atoms with Crippen molar-refractivity contribution >= 4 is 11.6 Å².